The molecule has 10 nitrogen and oxygen atoms in total. The zero-order chi connectivity index (χ0) is 15.1. The number of nitrogens with two attached hydrogens (primary N) is 1. The average Bonchev–Trinajstić information content (AvgIpc) is 2.99. The van der Waals surface area contributed by atoms with Crippen molar-refractivity contribution in [1.82, 2.24) is 9.97 Å². The third-order valence-electron chi connectivity index (χ3n) is 3.74. The molecule has 1 fully saturated rings. The number of nitrogen functional groups attached to an aromatic ring is 1. The molecule has 1 saturated heterocycles. The summed E-state index contributed by atoms with van der Waals surface area (Å²) in [6.07, 6.45) is -2.93. The number of aromatic nitrogens is 2. The van der Waals surface area contributed by atoms with Crippen molar-refractivity contribution in [2.75, 3.05) is 35.5 Å². The highest BCUT2D eigenvalue weighted by Gasteiger charge is 2.48. The Morgan fingerprint density at radius 2 is 2.05 bits per heavy atom. The van der Waals surface area contributed by atoms with Gasteiger partial charge >= 0.3 is 0 Å². The van der Waals surface area contributed by atoms with Crippen LogP contribution in [0.5, 0.6) is 0 Å². The van der Waals surface area contributed by atoms with Crippen LogP contribution in [0.25, 0.3) is 0 Å². The van der Waals surface area contributed by atoms with Crippen LogP contribution in [-0.2, 0) is 4.74 Å². The Morgan fingerprint density at radius 3 is 2.67 bits per heavy atom. The van der Waals surface area contributed by atoms with E-state index < -0.39 is 31.1 Å². The topological polar surface area (TPSA) is 148 Å². The van der Waals surface area contributed by atoms with Gasteiger partial charge in [-0.2, -0.15) is 0 Å². The van der Waals surface area contributed by atoms with Gasteiger partial charge in [0.25, 0.3) is 0 Å². The lowest BCUT2D eigenvalue weighted by Gasteiger charge is -2.27. The molecule has 4 atom stereocenters. The number of rotatable bonds is 3. The molecule has 6 N–H and O–H groups in total. The summed E-state index contributed by atoms with van der Waals surface area (Å²) in [5, 5.41) is 38.5. The maximum atomic E-state index is 10.1. The maximum Gasteiger partial charge on any atom is 0.162 e. The Bertz CT molecular complexity index is 532. The molecule has 2 aliphatic heterocycles. The fourth-order valence-electron chi connectivity index (χ4n) is 2.67. The van der Waals surface area contributed by atoms with Crippen LogP contribution in [0.2, 0.25) is 0 Å². The number of ether oxygens (including phenoxy) is 1. The Labute approximate surface area is 120 Å². The molecular weight excluding hydrogens is 282 g/mol. The first kappa shape index (κ1) is 14.2. The number of aliphatic hydroxyl groups excluding tert-OH is 4. The lowest BCUT2D eigenvalue weighted by atomic mass is 10.1. The second-order valence-electron chi connectivity index (χ2n) is 4.95. The van der Waals surface area contributed by atoms with E-state index >= 15 is 0 Å². The highest BCUT2D eigenvalue weighted by Crippen LogP contribution is 2.40. The van der Waals surface area contributed by atoms with Crippen LogP contribution in [0.3, 0.4) is 0 Å². The summed E-state index contributed by atoms with van der Waals surface area (Å²) in [4.78, 5) is 11.0. The Kier molecular flexibility index (Phi) is 3.55. The summed E-state index contributed by atoms with van der Waals surface area (Å²) < 4.78 is 5.47. The van der Waals surface area contributed by atoms with Gasteiger partial charge in [-0.1, -0.05) is 0 Å². The van der Waals surface area contributed by atoms with Gasteiger partial charge in [-0.05, 0) is 0 Å². The summed E-state index contributed by atoms with van der Waals surface area (Å²) in [6, 6.07) is 0. The van der Waals surface area contributed by atoms with Crippen LogP contribution in [0.1, 0.15) is 0 Å². The molecule has 10 heteroatoms. The molecule has 0 radical (unpaired) electrons. The van der Waals surface area contributed by atoms with E-state index in [-0.39, 0.29) is 19.2 Å². The van der Waals surface area contributed by atoms with Crippen molar-refractivity contribution in [1.29, 1.82) is 0 Å². The minimum absolute atomic E-state index is 0.168. The fraction of sp³-hybridized carbons (Fsp3) is 0.636. The van der Waals surface area contributed by atoms with E-state index in [1.807, 2.05) is 0 Å². The molecule has 0 aliphatic carbocycles. The molecule has 0 bridgehead atoms. The van der Waals surface area contributed by atoms with E-state index in [0.717, 1.165) is 0 Å². The molecular formula is C11H17N5O5. The minimum atomic E-state index is -1.22. The standard InChI is InChI=1S/C11H17N5O5/c12-9-6-10(14-2-13-9)16(3-15(6)4-18)11-8(20)7(19)5(1-17)21-11/h2,5,7-8,11,17-20H,1,3-4H2,(H2,12,13,14)/t5-,7?,8?,11-/m1/s1. The smallest absolute Gasteiger partial charge is 0.162 e. The molecule has 0 amide bonds. The minimum Gasteiger partial charge on any atom is -0.394 e. The number of nitrogens with zero attached hydrogens (tertiary/aromatic N) is 4. The van der Waals surface area contributed by atoms with Gasteiger partial charge in [0.2, 0.25) is 0 Å². The van der Waals surface area contributed by atoms with Crippen molar-refractivity contribution in [2.45, 2.75) is 24.5 Å². The molecule has 2 unspecified atom stereocenters. The van der Waals surface area contributed by atoms with Gasteiger partial charge in [0.1, 0.15) is 37.1 Å². The first-order valence-electron chi connectivity index (χ1n) is 6.43. The second-order valence-corrected chi connectivity index (χ2v) is 4.95. The molecule has 2 aliphatic rings. The fourth-order valence-corrected chi connectivity index (χ4v) is 2.67. The highest BCUT2D eigenvalue weighted by atomic mass is 16.6. The zero-order valence-corrected chi connectivity index (χ0v) is 11.1. The predicted octanol–water partition coefficient (Wildman–Crippen LogP) is -2.97. The number of fused-ring (bicyclic) bond motifs is 1. The van der Waals surface area contributed by atoms with Crippen LogP contribution in [-0.4, -0.2) is 74.9 Å². The molecule has 1 aromatic heterocycles. The Balaban J connectivity index is 1.94. The van der Waals surface area contributed by atoms with Crippen LogP contribution < -0.4 is 15.5 Å². The monoisotopic (exact) mass is 299 g/mol. The van der Waals surface area contributed by atoms with Crippen molar-refractivity contribution in [3.8, 4) is 0 Å². The summed E-state index contributed by atoms with van der Waals surface area (Å²) in [5.74, 6) is 0.592. The molecule has 3 heterocycles. The number of anilines is 3. The normalized spacial score (nSPS) is 31.8. The van der Waals surface area contributed by atoms with Gasteiger partial charge in [0.05, 0.1) is 13.3 Å². The van der Waals surface area contributed by atoms with E-state index in [0.29, 0.717) is 11.5 Å². The van der Waals surface area contributed by atoms with Gasteiger partial charge in [-0.25, -0.2) is 9.97 Å². The molecule has 0 aromatic carbocycles. The molecule has 3 rings (SSSR count). The maximum absolute atomic E-state index is 10.1. The molecule has 1 aromatic rings. The summed E-state index contributed by atoms with van der Waals surface area (Å²) >= 11 is 0. The highest BCUT2D eigenvalue weighted by molar-refractivity contribution is 5.81. The van der Waals surface area contributed by atoms with Crippen LogP contribution >= 0.6 is 0 Å². The van der Waals surface area contributed by atoms with Crippen LogP contribution in [0.15, 0.2) is 6.33 Å². The molecule has 116 valence electrons. The van der Waals surface area contributed by atoms with Crippen molar-refractivity contribution in [3.63, 3.8) is 0 Å². The number of hydrogen-bond donors (Lipinski definition) is 5. The quantitative estimate of drug-likeness (QED) is 0.391. The number of hydrogen-bond acceptors (Lipinski definition) is 10. The van der Waals surface area contributed by atoms with Crippen molar-refractivity contribution >= 4 is 17.3 Å². The van der Waals surface area contributed by atoms with Crippen molar-refractivity contribution in [3.05, 3.63) is 6.33 Å². The number of aliphatic hydroxyl groups is 4. The molecule has 21 heavy (non-hydrogen) atoms. The van der Waals surface area contributed by atoms with Gasteiger partial charge in [0.15, 0.2) is 17.9 Å². The van der Waals surface area contributed by atoms with E-state index in [4.69, 9.17) is 15.6 Å². The lowest BCUT2D eigenvalue weighted by molar-refractivity contribution is -0.0223. The van der Waals surface area contributed by atoms with E-state index in [9.17, 15) is 15.3 Å². The Morgan fingerprint density at radius 1 is 1.29 bits per heavy atom. The first-order valence-corrected chi connectivity index (χ1v) is 6.43. The van der Waals surface area contributed by atoms with Gasteiger partial charge < -0.3 is 40.7 Å². The molecule has 0 spiro atoms. The SMILES string of the molecule is Nc1ncnc2c1N(CO)CN2[C@@H]1O[C@H](CO)C(O)C1O. The predicted molar refractivity (Wildman–Crippen MR) is 71.1 cm³/mol. The van der Waals surface area contributed by atoms with Gasteiger partial charge in [0, 0.05) is 0 Å². The van der Waals surface area contributed by atoms with Crippen molar-refractivity contribution < 1.29 is 25.2 Å². The third-order valence-corrected chi connectivity index (χ3v) is 3.74. The first-order chi connectivity index (χ1) is 10.1. The lowest BCUT2D eigenvalue weighted by Crippen LogP contribution is -2.46. The van der Waals surface area contributed by atoms with Crippen LogP contribution in [0, 0.1) is 0 Å². The average molecular weight is 299 g/mol. The van der Waals surface area contributed by atoms with Gasteiger partial charge in [-0.3, -0.25) is 0 Å². The second kappa shape index (κ2) is 5.24. The van der Waals surface area contributed by atoms with Gasteiger partial charge in [-0.15, -0.1) is 0 Å². The summed E-state index contributed by atoms with van der Waals surface area (Å²) in [7, 11) is 0. The van der Waals surface area contributed by atoms with E-state index in [1.54, 1.807) is 4.90 Å². The van der Waals surface area contributed by atoms with E-state index in [1.165, 1.54) is 11.2 Å². The van der Waals surface area contributed by atoms with Crippen molar-refractivity contribution in [2.24, 2.45) is 0 Å². The Hall–Kier alpha value is -1.72. The largest absolute Gasteiger partial charge is 0.394 e. The zero-order valence-electron chi connectivity index (χ0n) is 11.1. The summed E-state index contributed by atoms with van der Waals surface area (Å²) in [5.41, 5.74) is 6.23. The molecule has 0 saturated carbocycles. The van der Waals surface area contributed by atoms with Crippen LogP contribution in [0.4, 0.5) is 17.3 Å². The van der Waals surface area contributed by atoms with E-state index in [2.05, 4.69) is 9.97 Å². The summed E-state index contributed by atoms with van der Waals surface area (Å²) in [6.45, 7) is -0.553. The third kappa shape index (κ3) is 2.08.